The lowest BCUT2D eigenvalue weighted by molar-refractivity contribution is -0.0597. The Labute approximate surface area is 91.4 Å². The van der Waals surface area contributed by atoms with Crippen molar-refractivity contribution in [3.8, 4) is 0 Å². The fourth-order valence-corrected chi connectivity index (χ4v) is 1.68. The van der Waals surface area contributed by atoms with E-state index >= 15 is 0 Å². The largest absolute Gasteiger partial charge is 0.431 e. The fourth-order valence-electron chi connectivity index (χ4n) is 1.68. The average molecular weight is 228 g/mol. The third kappa shape index (κ3) is 1.89. The van der Waals surface area contributed by atoms with Gasteiger partial charge in [0.2, 0.25) is 0 Å². The minimum Gasteiger partial charge on any atom is -0.367 e. The highest BCUT2D eigenvalue weighted by Crippen LogP contribution is 2.35. The monoisotopic (exact) mass is 228 g/mol. The molecule has 2 rings (SSSR count). The van der Waals surface area contributed by atoms with Gasteiger partial charge in [0.25, 0.3) is 0 Å². The zero-order valence-electron chi connectivity index (χ0n) is 8.97. The predicted octanol–water partition coefficient (Wildman–Crippen LogP) is 3.08. The number of hydrogen-bond donors (Lipinski definition) is 0. The highest BCUT2D eigenvalue weighted by molar-refractivity contribution is 5.99. The van der Waals surface area contributed by atoms with Crippen LogP contribution in [-0.4, -0.2) is 25.5 Å². The number of aliphatic imine (C=N–C) groups is 1. The summed E-state index contributed by atoms with van der Waals surface area (Å²) in [6, 6.07) is 5.22. The standard InChI is InChI=1S/C11H11F3N2/c1-7-3-4-8-9(5-7)16(2)6-10(15-8)11(12,13)14/h3-5H,6H2,1-2H3. The molecule has 0 unspecified atom stereocenters. The summed E-state index contributed by atoms with van der Waals surface area (Å²) in [7, 11) is 1.64. The summed E-state index contributed by atoms with van der Waals surface area (Å²) in [5.74, 6) is 0. The molecule has 1 aromatic rings. The van der Waals surface area contributed by atoms with Crippen molar-refractivity contribution in [3.05, 3.63) is 23.8 Å². The summed E-state index contributed by atoms with van der Waals surface area (Å²) in [5, 5.41) is 0. The maximum atomic E-state index is 12.5. The molecule has 5 heteroatoms. The van der Waals surface area contributed by atoms with Crippen LogP contribution in [0.1, 0.15) is 5.56 Å². The molecule has 0 aliphatic carbocycles. The molecular formula is C11H11F3N2. The summed E-state index contributed by atoms with van der Waals surface area (Å²) < 4.78 is 37.6. The van der Waals surface area contributed by atoms with Crippen LogP contribution in [0.15, 0.2) is 23.2 Å². The molecule has 1 aliphatic heterocycles. The predicted molar refractivity (Wildman–Crippen MR) is 57.6 cm³/mol. The molecule has 2 nitrogen and oxygen atoms in total. The Kier molecular flexibility index (Phi) is 2.40. The van der Waals surface area contributed by atoms with Crippen LogP contribution in [0.2, 0.25) is 0 Å². The van der Waals surface area contributed by atoms with Gasteiger partial charge in [0, 0.05) is 7.05 Å². The van der Waals surface area contributed by atoms with Crippen LogP contribution in [-0.2, 0) is 0 Å². The molecule has 0 amide bonds. The van der Waals surface area contributed by atoms with Crippen molar-refractivity contribution in [2.45, 2.75) is 13.1 Å². The minimum absolute atomic E-state index is 0.194. The Morgan fingerprint density at radius 1 is 1.31 bits per heavy atom. The summed E-state index contributed by atoms with van der Waals surface area (Å²) in [6.07, 6.45) is -4.35. The van der Waals surface area contributed by atoms with E-state index in [0.717, 1.165) is 11.3 Å². The third-order valence-electron chi connectivity index (χ3n) is 2.51. The highest BCUT2D eigenvalue weighted by atomic mass is 19.4. The lowest BCUT2D eigenvalue weighted by Crippen LogP contribution is -2.37. The summed E-state index contributed by atoms with van der Waals surface area (Å²) in [4.78, 5) is 5.23. The average Bonchev–Trinajstić information content (AvgIpc) is 2.17. The van der Waals surface area contributed by atoms with E-state index in [2.05, 4.69) is 4.99 Å². The number of alkyl halides is 3. The van der Waals surface area contributed by atoms with Crippen LogP contribution < -0.4 is 4.90 Å². The van der Waals surface area contributed by atoms with Crippen molar-refractivity contribution in [2.75, 3.05) is 18.5 Å². The first-order chi connectivity index (χ1) is 7.38. The normalized spacial score (nSPS) is 15.8. The van der Waals surface area contributed by atoms with Crippen LogP contribution in [0, 0.1) is 6.92 Å². The quantitative estimate of drug-likeness (QED) is 0.666. The number of hydrogen-bond acceptors (Lipinski definition) is 2. The van der Waals surface area contributed by atoms with E-state index < -0.39 is 11.9 Å². The van der Waals surface area contributed by atoms with Gasteiger partial charge in [-0.05, 0) is 24.6 Å². The van der Waals surface area contributed by atoms with E-state index in [-0.39, 0.29) is 6.54 Å². The molecule has 0 saturated heterocycles. The van der Waals surface area contributed by atoms with Gasteiger partial charge >= 0.3 is 6.18 Å². The Morgan fingerprint density at radius 2 is 2.00 bits per heavy atom. The molecule has 86 valence electrons. The molecule has 0 N–H and O–H groups in total. The van der Waals surface area contributed by atoms with Crippen molar-refractivity contribution >= 4 is 17.1 Å². The SMILES string of the molecule is Cc1ccc2c(c1)N(C)CC(C(F)(F)F)=N2. The topological polar surface area (TPSA) is 15.6 Å². The van der Waals surface area contributed by atoms with Crippen molar-refractivity contribution in [2.24, 2.45) is 4.99 Å². The van der Waals surface area contributed by atoms with Crippen LogP contribution in [0.25, 0.3) is 0 Å². The van der Waals surface area contributed by atoms with E-state index in [1.54, 1.807) is 24.1 Å². The van der Waals surface area contributed by atoms with Gasteiger partial charge in [0.05, 0.1) is 17.9 Å². The van der Waals surface area contributed by atoms with Crippen molar-refractivity contribution < 1.29 is 13.2 Å². The zero-order chi connectivity index (χ0) is 11.9. The molecule has 0 aromatic heterocycles. The molecular weight excluding hydrogens is 217 g/mol. The number of rotatable bonds is 0. The fraction of sp³-hybridized carbons (Fsp3) is 0.364. The van der Waals surface area contributed by atoms with E-state index in [1.165, 1.54) is 0 Å². The smallest absolute Gasteiger partial charge is 0.367 e. The Morgan fingerprint density at radius 3 is 2.62 bits per heavy atom. The van der Waals surface area contributed by atoms with E-state index in [9.17, 15) is 13.2 Å². The molecule has 16 heavy (non-hydrogen) atoms. The molecule has 0 radical (unpaired) electrons. The Hall–Kier alpha value is -1.52. The first-order valence-corrected chi connectivity index (χ1v) is 4.84. The second kappa shape index (κ2) is 3.50. The third-order valence-corrected chi connectivity index (χ3v) is 2.51. The first kappa shape index (κ1) is 11.0. The Bertz CT molecular complexity index is 449. The van der Waals surface area contributed by atoms with Crippen molar-refractivity contribution in [1.82, 2.24) is 0 Å². The van der Waals surface area contributed by atoms with Gasteiger partial charge in [0.1, 0.15) is 5.71 Å². The lowest BCUT2D eigenvalue weighted by atomic mass is 10.1. The van der Waals surface area contributed by atoms with E-state index in [4.69, 9.17) is 0 Å². The summed E-state index contributed by atoms with van der Waals surface area (Å²) in [6.45, 7) is 1.71. The summed E-state index contributed by atoms with van der Waals surface area (Å²) >= 11 is 0. The van der Waals surface area contributed by atoms with Crippen molar-refractivity contribution in [3.63, 3.8) is 0 Å². The van der Waals surface area contributed by atoms with Gasteiger partial charge in [-0.2, -0.15) is 13.2 Å². The number of halogens is 3. The lowest BCUT2D eigenvalue weighted by Gasteiger charge is -2.27. The van der Waals surface area contributed by atoms with Gasteiger partial charge in [-0.1, -0.05) is 6.07 Å². The van der Waals surface area contributed by atoms with Crippen LogP contribution >= 0.6 is 0 Å². The van der Waals surface area contributed by atoms with E-state index in [1.807, 2.05) is 13.0 Å². The molecule has 0 saturated carbocycles. The number of fused-ring (bicyclic) bond motifs is 1. The molecule has 1 aromatic carbocycles. The maximum Gasteiger partial charge on any atom is 0.431 e. The number of nitrogens with zero attached hydrogens (tertiary/aromatic N) is 2. The zero-order valence-corrected chi connectivity index (χ0v) is 8.97. The minimum atomic E-state index is -4.35. The van der Waals surface area contributed by atoms with Gasteiger partial charge in [-0.15, -0.1) is 0 Å². The van der Waals surface area contributed by atoms with Crippen LogP contribution in [0.5, 0.6) is 0 Å². The van der Waals surface area contributed by atoms with Gasteiger partial charge in [-0.25, -0.2) is 4.99 Å². The first-order valence-electron chi connectivity index (χ1n) is 4.84. The molecule has 0 atom stereocenters. The number of benzene rings is 1. The second-order valence-corrected chi connectivity index (χ2v) is 3.90. The molecule has 1 heterocycles. The number of anilines is 1. The van der Waals surface area contributed by atoms with Gasteiger partial charge in [-0.3, -0.25) is 0 Å². The Balaban J connectivity index is 2.50. The summed E-state index contributed by atoms with van der Waals surface area (Å²) in [5.41, 5.74) is 1.39. The van der Waals surface area contributed by atoms with Crippen LogP contribution in [0.4, 0.5) is 24.5 Å². The molecule has 0 bridgehead atoms. The molecule has 0 fully saturated rings. The van der Waals surface area contributed by atoms with Crippen LogP contribution in [0.3, 0.4) is 0 Å². The maximum absolute atomic E-state index is 12.5. The molecule has 1 aliphatic rings. The molecule has 0 spiro atoms. The van der Waals surface area contributed by atoms with E-state index in [0.29, 0.717) is 5.69 Å². The van der Waals surface area contributed by atoms with Gasteiger partial charge in [0.15, 0.2) is 0 Å². The van der Waals surface area contributed by atoms with Crippen molar-refractivity contribution in [1.29, 1.82) is 0 Å². The second-order valence-electron chi connectivity index (χ2n) is 3.90. The van der Waals surface area contributed by atoms with Gasteiger partial charge < -0.3 is 4.90 Å². The number of aryl methyl sites for hydroxylation is 1. The highest BCUT2D eigenvalue weighted by Gasteiger charge is 2.38.